The Bertz CT molecular complexity index is 934. The van der Waals surface area contributed by atoms with Crippen molar-refractivity contribution in [1.29, 1.82) is 0 Å². The molecule has 0 N–H and O–H groups in total. The van der Waals surface area contributed by atoms with E-state index in [1.54, 1.807) is 30.3 Å². The lowest BCUT2D eigenvalue weighted by Gasteiger charge is -2.13. The Morgan fingerprint density at radius 2 is 1.71 bits per heavy atom. The summed E-state index contributed by atoms with van der Waals surface area (Å²) in [5.41, 5.74) is 3.09. The summed E-state index contributed by atoms with van der Waals surface area (Å²) in [5, 5.41) is -0.307. The molecule has 2 amide bonds. The fraction of sp³-hybridized carbons (Fsp3) is 0.190. The number of amides is 2. The second-order valence-electron chi connectivity index (χ2n) is 6.44. The molecule has 6 nitrogen and oxygen atoms in total. The zero-order valence-electron chi connectivity index (χ0n) is 15.8. The maximum Gasteiger partial charge on any atom is 0.337 e. The van der Waals surface area contributed by atoms with Crippen molar-refractivity contribution in [3.8, 4) is 0 Å². The number of ether oxygens (including phenoxy) is 1. The van der Waals surface area contributed by atoms with Crippen molar-refractivity contribution in [3.05, 3.63) is 70.1 Å². The number of nitrogens with zero attached hydrogens (tertiary/aromatic N) is 2. The SMILES string of the molecule is COC(=O)c1ccc(CN2C(=O)SC(=Cc3ccc(N(C)C)cc3)C2=O)cc1. The van der Waals surface area contributed by atoms with E-state index in [-0.39, 0.29) is 17.7 Å². The number of benzene rings is 2. The number of thioether (sulfide) groups is 1. The number of hydrogen-bond acceptors (Lipinski definition) is 6. The lowest BCUT2D eigenvalue weighted by molar-refractivity contribution is -0.123. The number of hydrogen-bond donors (Lipinski definition) is 0. The minimum absolute atomic E-state index is 0.156. The summed E-state index contributed by atoms with van der Waals surface area (Å²) in [7, 11) is 5.23. The van der Waals surface area contributed by atoms with Crippen LogP contribution in [0.25, 0.3) is 6.08 Å². The van der Waals surface area contributed by atoms with E-state index in [4.69, 9.17) is 0 Å². The number of rotatable bonds is 5. The molecule has 1 heterocycles. The van der Waals surface area contributed by atoms with E-state index in [2.05, 4.69) is 4.74 Å². The second-order valence-corrected chi connectivity index (χ2v) is 7.44. The zero-order chi connectivity index (χ0) is 20.3. The normalized spacial score (nSPS) is 15.2. The van der Waals surface area contributed by atoms with E-state index in [0.717, 1.165) is 28.6 Å². The number of anilines is 1. The first-order chi connectivity index (χ1) is 13.4. The standard InChI is InChI=1S/C21H20N2O4S/c1-22(2)17-10-6-14(7-11-17)12-18-19(24)23(21(26)28-18)13-15-4-8-16(9-5-15)20(25)27-3/h4-12H,13H2,1-3H3. The van der Waals surface area contributed by atoms with Gasteiger partial charge in [0.25, 0.3) is 11.1 Å². The summed E-state index contributed by atoms with van der Waals surface area (Å²) < 4.78 is 4.66. The molecule has 3 rings (SSSR count). The van der Waals surface area contributed by atoms with Crippen LogP contribution >= 0.6 is 11.8 Å². The van der Waals surface area contributed by atoms with Crippen LogP contribution in [0, 0.1) is 0 Å². The quantitative estimate of drug-likeness (QED) is 0.566. The zero-order valence-corrected chi connectivity index (χ0v) is 16.7. The van der Waals surface area contributed by atoms with Crippen molar-refractivity contribution in [2.24, 2.45) is 0 Å². The van der Waals surface area contributed by atoms with E-state index in [9.17, 15) is 14.4 Å². The molecule has 1 aliphatic rings. The third-order valence-electron chi connectivity index (χ3n) is 4.30. The van der Waals surface area contributed by atoms with Crippen molar-refractivity contribution >= 4 is 40.6 Å². The lowest BCUT2D eigenvalue weighted by Crippen LogP contribution is -2.27. The minimum Gasteiger partial charge on any atom is -0.465 e. The summed E-state index contributed by atoms with van der Waals surface area (Å²) in [6.45, 7) is 0.156. The van der Waals surface area contributed by atoms with Gasteiger partial charge in [-0.05, 0) is 53.2 Å². The fourth-order valence-corrected chi connectivity index (χ4v) is 3.54. The highest BCUT2D eigenvalue weighted by molar-refractivity contribution is 8.18. The summed E-state index contributed by atoms with van der Waals surface area (Å²) in [6.07, 6.45) is 1.73. The molecule has 28 heavy (non-hydrogen) atoms. The van der Waals surface area contributed by atoms with E-state index >= 15 is 0 Å². The Balaban J connectivity index is 1.73. The molecule has 0 radical (unpaired) electrons. The Kier molecular flexibility index (Phi) is 5.84. The maximum atomic E-state index is 12.7. The van der Waals surface area contributed by atoms with Crippen LogP contribution in [0.4, 0.5) is 10.5 Å². The summed E-state index contributed by atoms with van der Waals surface area (Å²) in [4.78, 5) is 40.0. The molecule has 1 fully saturated rings. The fourth-order valence-electron chi connectivity index (χ4n) is 2.70. The molecule has 2 aromatic carbocycles. The van der Waals surface area contributed by atoms with Gasteiger partial charge in [-0.1, -0.05) is 24.3 Å². The average Bonchev–Trinajstić information content (AvgIpc) is 2.95. The first-order valence-corrected chi connectivity index (χ1v) is 9.40. The largest absolute Gasteiger partial charge is 0.465 e. The Morgan fingerprint density at radius 1 is 1.07 bits per heavy atom. The highest BCUT2D eigenvalue weighted by Crippen LogP contribution is 2.33. The molecule has 0 aromatic heterocycles. The van der Waals surface area contributed by atoms with Gasteiger partial charge in [0.15, 0.2) is 0 Å². The molecule has 0 saturated carbocycles. The molecule has 1 saturated heterocycles. The van der Waals surface area contributed by atoms with Crippen molar-refractivity contribution in [1.82, 2.24) is 4.90 Å². The third-order valence-corrected chi connectivity index (χ3v) is 5.20. The highest BCUT2D eigenvalue weighted by Gasteiger charge is 2.34. The van der Waals surface area contributed by atoms with Gasteiger partial charge in [0, 0.05) is 19.8 Å². The molecular formula is C21H20N2O4S. The van der Waals surface area contributed by atoms with Crippen molar-refractivity contribution in [3.63, 3.8) is 0 Å². The monoisotopic (exact) mass is 396 g/mol. The average molecular weight is 396 g/mol. The predicted octanol–water partition coefficient (Wildman–Crippen LogP) is 3.78. The van der Waals surface area contributed by atoms with Crippen LogP contribution in [0.2, 0.25) is 0 Å². The van der Waals surface area contributed by atoms with E-state index in [1.165, 1.54) is 12.0 Å². The number of carbonyl (C=O) groups is 3. The van der Waals surface area contributed by atoms with Gasteiger partial charge < -0.3 is 9.64 Å². The van der Waals surface area contributed by atoms with Crippen LogP contribution in [0.5, 0.6) is 0 Å². The summed E-state index contributed by atoms with van der Waals surface area (Å²) in [5.74, 6) is -0.746. The molecule has 2 aromatic rings. The first kappa shape index (κ1) is 19.7. The Labute approximate surface area is 167 Å². The predicted molar refractivity (Wildman–Crippen MR) is 110 cm³/mol. The summed E-state index contributed by atoms with van der Waals surface area (Å²) in [6, 6.07) is 14.4. The minimum atomic E-state index is -0.430. The lowest BCUT2D eigenvalue weighted by atomic mass is 10.1. The first-order valence-electron chi connectivity index (χ1n) is 8.59. The van der Waals surface area contributed by atoms with Crippen LogP contribution in [0.3, 0.4) is 0 Å². The van der Waals surface area contributed by atoms with Gasteiger partial charge in [-0.3, -0.25) is 14.5 Å². The van der Waals surface area contributed by atoms with Gasteiger partial charge in [-0.15, -0.1) is 0 Å². The molecule has 0 aliphatic carbocycles. The van der Waals surface area contributed by atoms with Gasteiger partial charge in [0.1, 0.15) is 0 Å². The molecule has 0 bridgehead atoms. The van der Waals surface area contributed by atoms with E-state index < -0.39 is 5.97 Å². The topological polar surface area (TPSA) is 66.9 Å². The molecule has 7 heteroatoms. The molecule has 0 spiro atoms. The van der Waals surface area contributed by atoms with Crippen LogP contribution < -0.4 is 4.90 Å². The van der Waals surface area contributed by atoms with Gasteiger partial charge in [0.2, 0.25) is 0 Å². The van der Waals surface area contributed by atoms with Crippen LogP contribution in [-0.2, 0) is 16.1 Å². The van der Waals surface area contributed by atoms with Gasteiger partial charge in [-0.2, -0.15) is 0 Å². The van der Waals surface area contributed by atoms with Crippen LogP contribution in [-0.4, -0.2) is 43.2 Å². The van der Waals surface area contributed by atoms with E-state index in [0.29, 0.717) is 10.5 Å². The molecule has 144 valence electrons. The number of methoxy groups -OCH3 is 1. The number of esters is 1. The summed E-state index contributed by atoms with van der Waals surface area (Å²) >= 11 is 0.932. The van der Waals surface area contributed by atoms with Crippen molar-refractivity contribution in [2.75, 3.05) is 26.1 Å². The van der Waals surface area contributed by atoms with Gasteiger partial charge >= 0.3 is 5.97 Å². The van der Waals surface area contributed by atoms with E-state index in [1.807, 2.05) is 43.3 Å². The second kappa shape index (κ2) is 8.31. The molecular weight excluding hydrogens is 376 g/mol. The Hall–Kier alpha value is -3.06. The highest BCUT2D eigenvalue weighted by atomic mass is 32.2. The Morgan fingerprint density at radius 3 is 2.29 bits per heavy atom. The third kappa shape index (κ3) is 4.26. The van der Waals surface area contributed by atoms with Gasteiger partial charge in [0.05, 0.1) is 24.1 Å². The number of carbonyl (C=O) groups excluding carboxylic acids is 3. The van der Waals surface area contributed by atoms with Crippen molar-refractivity contribution in [2.45, 2.75) is 6.54 Å². The maximum absolute atomic E-state index is 12.7. The smallest absolute Gasteiger partial charge is 0.337 e. The molecule has 0 atom stereocenters. The van der Waals surface area contributed by atoms with Gasteiger partial charge in [-0.25, -0.2) is 4.79 Å². The molecule has 0 unspecified atom stereocenters. The van der Waals surface area contributed by atoms with Crippen LogP contribution in [0.1, 0.15) is 21.5 Å². The van der Waals surface area contributed by atoms with Crippen molar-refractivity contribution < 1.29 is 19.1 Å². The van der Waals surface area contributed by atoms with Crippen LogP contribution in [0.15, 0.2) is 53.4 Å². The number of imide groups is 1. The molecule has 1 aliphatic heterocycles.